The second-order valence-electron chi connectivity index (χ2n) is 4.59. The molecule has 0 saturated carbocycles. The molecule has 0 bridgehead atoms. The zero-order valence-corrected chi connectivity index (χ0v) is 12.7. The molecule has 0 atom stereocenters. The number of Topliss-reactive ketones (excluding diaryl/α,β-unsaturated/α-hetero) is 1. The van der Waals surface area contributed by atoms with Crippen LogP contribution in [0.3, 0.4) is 0 Å². The molecule has 0 fully saturated rings. The molecule has 3 aromatic carbocycles. The minimum Gasteiger partial charge on any atom is -0.279 e. The molecule has 0 aromatic heterocycles. The lowest BCUT2D eigenvalue weighted by atomic mass is 10.0. The molecule has 0 amide bonds. The van der Waals surface area contributed by atoms with Crippen molar-refractivity contribution in [2.24, 2.45) is 0 Å². The smallest absolute Gasteiger partial charge is 0.237 e. The van der Waals surface area contributed by atoms with Gasteiger partial charge in [0.2, 0.25) is 5.78 Å². The summed E-state index contributed by atoms with van der Waals surface area (Å²) in [4.78, 5) is 12.2. The van der Waals surface area contributed by atoms with Crippen LogP contribution in [0.2, 0.25) is 0 Å². The number of fused-ring (bicyclic) bond motifs is 1. The largest absolute Gasteiger partial charge is 0.279 e. The van der Waals surface area contributed by atoms with E-state index in [2.05, 4.69) is 27.8 Å². The molecule has 1 nitrogen and oxygen atoms in total. The molecular weight excluding hydrogens is 324 g/mol. The molecular formula is C19H11BrO. The van der Waals surface area contributed by atoms with E-state index in [1.165, 1.54) is 0 Å². The summed E-state index contributed by atoms with van der Waals surface area (Å²) in [5, 5.41) is 2.19. The first kappa shape index (κ1) is 13.6. The summed E-state index contributed by atoms with van der Waals surface area (Å²) in [5.74, 6) is 5.54. The third-order valence-electron chi connectivity index (χ3n) is 3.22. The third kappa shape index (κ3) is 2.89. The lowest BCUT2D eigenvalue weighted by Crippen LogP contribution is -1.96. The molecule has 0 spiro atoms. The average Bonchev–Trinajstić information content (AvgIpc) is 2.53. The van der Waals surface area contributed by atoms with Crippen molar-refractivity contribution >= 4 is 32.5 Å². The summed E-state index contributed by atoms with van der Waals surface area (Å²) in [5.41, 5.74) is 1.46. The number of hydrogen-bond acceptors (Lipinski definition) is 1. The van der Waals surface area contributed by atoms with E-state index in [0.717, 1.165) is 20.8 Å². The molecule has 2 heteroatoms. The Labute approximate surface area is 131 Å². The van der Waals surface area contributed by atoms with Crippen LogP contribution in [-0.4, -0.2) is 5.78 Å². The highest BCUT2D eigenvalue weighted by Gasteiger charge is 2.06. The van der Waals surface area contributed by atoms with Crippen molar-refractivity contribution in [3.63, 3.8) is 0 Å². The molecule has 0 unspecified atom stereocenters. The third-order valence-corrected chi connectivity index (χ3v) is 3.91. The molecule has 100 valence electrons. The number of rotatable bonds is 1. The quantitative estimate of drug-likeness (QED) is 0.460. The average molecular weight is 335 g/mol. The Morgan fingerprint density at radius 3 is 2.43 bits per heavy atom. The van der Waals surface area contributed by atoms with Crippen LogP contribution in [0.1, 0.15) is 15.9 Å². The van der Waals surface area contributed by atoms with Crippen LogP contribution in [0.25, 0.3) is 10.8 Å². The van der Waals surface area contributed by atoms with Crippen molar-refractivity contribution in [1.29, 1.82) is 0 Å². The van der Waals surface area contributed by atoms with Crippen LogP contribution in [-0.2, 0) is 0 Å². The molecule has 0 saturated heterocycles. The van der Waals surface area contributed by atoms with E-state index in [-0.39, 0.29) is 5.78 Å². The van der Waals surface area contributed by atoms with Gasteiger partial charge in [-0.1, -0.05) is 70.4 Å². The summed E-state index contributed by atoms with van der Waals surface area (Å²) in [6.45, 7) is 0. The van der Waals surface area contributed by atoms with Crippen LogP contribution in [0.5, 0.6) is 0 Å². The predicted molar refractivity (Wildman–Crippen MR) is 89.3 cm³/mol. The van der Waals surface area contributed by atoms with Crippen LogP contribution in [0.15, 0.2) is 71.2 Å². The van der Waals surface area contributed by atoms with E-state index in [0.29, 0.717) is 5.56 Å². The highest BCUT2D eigenvalue weighted by atomic mass is 79.9. The normalized spacial score (nSPS) is 9.95. The van der Waals surface area contributed by atoms with E-state index in [1.54, 1.807) is 6.07 Å². The summed E-state index contributed by atoms with van der Waals surface area (Å²) in [6.07, 6.45) is 0. The minimum atomic E-state index is -0.185. The van der Waals surface area contributed by atoms with Gasteiger partial charge in [0.15, 0.2) is 0 Å². The van der Waals surface area contributed by atoms with Crippen molar-refractivity contribution in [2.75, 3.05) is 0 Å². The fourth-order valence-corrected chi connectivity index (χ4v) is 2.64. The van der Waals surface area contributed by atoms with Crippen LogP contribution in [0.4, 0.5) is 0 Å². The Bertz CT molecular complexity index is 879. The van der Waals surface area contributed by atoms with Crippen molar-refractivity contribution in [3.8, 4) is 11.8 Å². The van der Waals surface area contributed by atoms with E-state index >= 15 is 0 Å². The number of ketones is 1. The van der Waals surface area contributed by atoms with Gasteiger partial charge in [-0.2, -0.15) is 0 Å². The van der Waals surface area contributed by atoms with E-state index in [9.17, 15) is 4.79 Å². The molecule has 3 aromatic rings. The van der Waals surface area contributed by atoms with Gasteiger partial charge < -0.3 is 0 Å². The highest BCUT2D eigenvalue weighted by molar-refractivity contribution is 9.10. The van der Waals surface area contributed by atoms with Crippen molar-refractivity contribution in [1.82, 2.24) is 0 Å². The Morgan fingerprint density at radius 2 is 1.57 bits per heavy atom. The standard InChI is InChI=1S/C19H11BrO/c20-18-11-4-3-10-17(18)19(21)13-12-15-8-5-7-14-6-1-2-9-16(14)15/h1-11H. The SMILES string of the molecule is O=C(C#Cc1cccc2ccccc12)c1ccccc1Br. The molecule has 0 heterocycles. The van der Waals surface area contributed by atoms with Gasteiger partial charge in [0, 0.05) is 15.6 Å². The summed E-state index contributed by atoms with van der Waals surface area (Å²) < 4.78 is 0.766. The van der Waals surface area contributed by atoms with Gasteiger partial charge in [-0.15, -0.1) is 0 Å². The maximum absolute atomic E-state index is 12.2. The molecule has 21 heavy (non-hydrogen) atoms. The lowest BCUT2D eigenvalue weighted by molar-refractivity contribution is 0.105. The number of hydrogen-bond donors (Lipinski definition) is 0. The fraction of sp³-hybridized carbons (Fsp3) is 0. The van der Waals surface area contributed by atoms with Gasteiger partial charge in [-0.25, -0.2) is 0 Å². The van der Waals surface area contributed by atoms with Gasteiger partial charge >= 0.3 is 0 Å². The number of carbonyl (C=O) groups is 1. The van der Waals surface area contributed by atoms with Crippen LogP contribution in [0, 0.1) is 11.8 Å². The second-order valence-corrected chi connectivity index (χ2v) is 5.44. The zero-order valence-electron chi connectivity index (χ0n) is 11.1. The first-order valence-corrected chi connectivity index (χ1v) is 7.33. The molecule has 0 N–H and O–H groups in total. The Hall–Kier alpha value is -2.37. The maximum Gasteiger partial charge on any atom is 0.237 e. The van der Waals surface area contributed by atoms with Crippen LogP contribution < -0.4 is 0 Å². The summed E-state index contributed by atoms with van der Waals surface area (Å²) in [6, 6.07) is 21.3. The van der Waals surface area contributed by atoms with Crippen molar-refractivity contribution < 1.29 is 4.79 Å². The van der Waals surface area contributed by atoms with Crippen molar-refractivity contribution in [2.45, 2.75) is 0 Å². The molecule has 0 aliphatic heterocycles. The summed E-state index contributed by atoms with van der Waals surface area (Å²) >= 11 is 3.37. The van der Waals surface area contributed by atoms with E-state index in [4.69, 9.17) is 0 Å². The molecule has 0 aliphatic carbocycles. The highest BCUT2D eigenvalue weighted by Crippen LogP contribution is 2.18. The van der Waals surface area contributed by atoms with Gasteiger partial charge in [0.05, 0.1) is 0 Å². The molecule has 3 rings (SSSR count). The first-order valence-electron chi connectivity index (χ1n) is 6.54. The Balaban J connectivity index is 2.01. The van der Waals surface area contributed by atoms with E-state index < -0.39 is 0 Å². The molecule has 0 radical (unpaired) electrons. The topological polar surface area (TPSA) is 17.1 Å². The predicted octanol–water partition coefficient (Wildman–Crippen LogP) is 4.84. The maximum atomic E-state index is 12.2. The van der Waals surface area contributed by atoms with Gasteiger partial charge in [0.1, 0.15) is 0 Å². The second kappa shape index (κ2) is 5.95. The summed E-state index contributed by atoms with van der Waals surface area (Å²) in [7, 11) is 0. The first-order chi connectivity index (χ1) is 10.3. The minimum absolute atomic E-state index is 0.185. The number of halogens is 1. The lowest BCUT2D eigenvalue weighted by Gasteiger charge is -1.99. The Morgan fingerprint density at radius 1 is 0.857 bits per heavy atom. The van der Waals surface area contributed by atoms with Gasteiger partial charge in [-0.3, -0.25) is 4.79 Å². The van der Waals surface area contributed by atoms with Crippen LogP contribution >= 0.6 is 15.9 Å². The van der Waals surface area contributed by atoms with E-state index in [1.807, 2.05) is 60.7 Å². The monoisotopic (exact) mass is 334 g/mol. The number of carbonyl (C=O) groups excluding carboxylic acids is 1. The number of benzene rings is 3. The van der Waals surface area contributed by atoms with Crippen molar-refractivity contribution in [3.05, 3.63) is 82.3 Å². The zero-order chi connectivity index (χ0) is 14.7. The van der Waals surface area contributed by atoms with Gasteiger partial charge in [-0.05, 0) is 34.9 Å². The molecule has 0 aliphatic rings. The fourth-order valence-electron chi connectivity index (χ4n) is 2.17. The Kier molecular flexibility index (Phi) is 3.85. The van der Waals surface area contributed by atoms with Gasteiger partial charge in [0.25, 0.3) is 0 Å².